The average molecular weight is 672 g/mol. The van der Waals surface area contributed by atoms with Gasteiger partial charge in [0.2, 0.25) is 0 Å². The zero-order chi connectivity index (χ0) is 29.7. The molecule has 0 radical (unpaired) electrons. The molecular weight excluding hydrogens is 632 g/mol. The zero-order valence-corrected chi connectivity index (χ0v) is 27.0. The molecule has 5 rings (SSSR count). The Kier molecular flexibility index (Phi) is 8.14. The fraction of sp³-hybridized carbons (Fsp3) is 0.471. The van der Waals surface area contributed by atoms with Gasteiger partial charge in [-0.1, -0.05) is 46.8 Å². The van der Waals surface area contributed by atoms with Gasteiger partial charge < -0.3 is 14.4 Å². The van der Waals surface area contributed by atoms with E-state index in [0.29, 0.717) is 24.3 Å². The van der Waals surface area contributed by atoms with Crippen LogP contribution < -0.4 is 9.47 Å². The van der Waals surface area contributed by atoms with E-state index in [1.807, 2.05) is 12.1 Å². The van der Waals surface area contributed by atoms with Gasteiger partial charge in [0.05, 0.1) is 10.7 Å². The van der Waals surface area contributed by atoms with Crippen molar-refractivity contribution in [3.05, 3.63) is 79.5 Å². The summed E-state index contributed by atoms with van der Waals surface area (Å²) in [6, 6.07) is 10.2. The van der Waals surface area contributed by atoms with Crippen LogP contribution in [0.2, 0.25) is 0 Å². The number of ether oxygens (including phenoxy) is 2. The summed E-state index contributed by atoms with van der Waals surface area (Å²) in [5, 5.41) is 0. The minimum absolute atomic E-state index is 0.122. The summed E-state index contributed by atoms with van der Waals surface area (Å²) in [7, 11) is 1.60. The third-order valence-corrected chi connectivity index (χ3v) is 9.15. The molecule has 0 saturated heterocycles. The number of nitrogens with zero attached hydrogens (tertiary/aromatic N) is 1. The summed E-state index contributed by atoms with van der Waals surface area (Å²) in [6.07, 6.45) is 3.43. The quantitative estimate of drug-likeness (QED) is 0.279. The molecule has 1 aliphatic heterocycles. The Morgan fingerprint density at radius 2 is 1.49 bits per heavy atom. The van der Waals surface area contributed by atoms with Crippen LogP contribution in [0.15, 0.2) is 58.9 Å². The second-order valence-electron chi connectivity index (χ2n) is 13.1. The molecule has 218 valence electrons. The van der Waals surface area contributed by atoms with Crippen LogP contribution in [0, 0.1) is 20.2 Å². The van der Waals surface area contributed by atoms with Crippen LogP contribution in [-0.2, 0) is 16.2 Å². The second-order valence-corrected chi connectivity index (χ2v) is 14.3. The van der Waals surface area contributed by atoms with Crippen LogP contribution in [0.3, 0.4) is 0 Å². The normalized spacial score (nSPS) is 20.2. The first-order chi connectivity index (χ1) is 19.3. The van der Waals surface area contributed by atoms with Gasteiger partial charge in [0.25, 0.3) is 0 Å². The first-order valence-electron chi connectivity index (χ1n) is 14.4. The maximum Gasteiger partial charge on any atom is 0.174 e. The number of benzene rings is 2. The average Bonchev–Trinajstić information content (AvgIpc) is 2.88. The Morgan fingerprint density at radius 1 is 0.927 bits per heavy atom. The number of carbonyl (C=O) groups is 2. The van der Waals surface area contributed by atoms with E-state index in [4.69, 9.17) is 9.47 Å². The molecule has 0 atom stereocenters. The maximum absolute atomic E-state index is 14.0. The van der Waals surface area contributed by atoms with Gasteiger partial charge in [0.1, 0.15) is 12.4 Å². The van der Waals surface area contributed by atoms with E-state index in [2.05, 4.69) is 62.1 Å². The summed E-state index contributed by atoms with van der Waals surface area (Å²) in [5.41, 5.74) is 5.10. The first-order valence-corrected chi connectivity index (χ1v) is 15.5. The monoisotopic (exact) mass is 671 g/mol. The van der Waals surface area contributed by atoms with E-state index in [0.717, 1.165) is 63.0 Å². The molecule has 2 aromatic rings. The molecule has 0 spiro atoms. The molecule has 1 heterocycles. The zero-order valence-electron chi connectivity index (χ0n) is 24.8. The van der Waals surface area contributed by atoms with Crippen molar-refractivity contribution < 1.29 is 23.5 Å². The van der Waals surface area contributed by atoms with E-state index in [1.165, 1.54) is 12.1 Å². The molecule has 0 saturated carbocycles. The van der Waals surface area contributed by atoms with Crippen molar-refractivity contribution in [3.8, 4) is 11.5 Å². The lowest BCUT2D eigenvalue weighted by Gasteiger charge is -2.49. The van der Waals surface area contributed by atoms with Crippen molar-refractivity contribution >= 4 is 34.2 Å². The number of rotatable bonds is 7. The SMILES string of the molecule is CCCN1C2=C(C(=O)CC(C)(C)C2)C(c2cc(I)c(OCc3ccc(F)cc3)c(OC)c2)C2=C1CC(C)(C)CC2=O. The molecule has 0 aromatic heterocycles. The fourth-order valence-electron chi connectivity index (χ4n) is 6.66. The van der Waals surface area contributed by atoms with Gasteiger partial charge >= 0.3 is 0 Å². The lowest BCUT2D eigenvalue weighted by atomic mass is 9.63. The van der Waals surface area contributed by atoms with Gasteiger partial charge in [0.15, 0.2) is 23.1 Å². The van der Waals surface area contributed by atoms with Gasteiger partial charge in [0, 0.05) is 47.8 Å². The predicted octanol–water partition coefficient (Wildman–Crippen LogP) is 8.11. The molecule has 0 bridgehead atoms. The van der Waals surface area contributed by atoms with Crippen molar-refractivity contribution in [2.45, 2.75) is 79.2 Å². The number of methoxy groups -OCH3 is 1. The van der Waals surface area contributed by atoms with Crippen molar-refractivity contribution in [2.75, 3.05) is 13.7 Å². The number of Topliss-reactive ketones (excluding diaryl/α,β-unsaturated/α-hetero) is 2. The van der Waals surface area contributed by atoms with Gasteiger partial charge in [-0.15, -0.1) is 0 Å². The van der Waals surface area contributed by atoms with Crippen LogP contribution in [0.25, 0.3) is 0 Å². The van der Waals surface area contributed by atoms with E-state index < -0.39 is 5.92 Å². The fourth-order valence-corrected chi connectivity index (χ4v) is 7.44. The summed E-state index contributed by atoms with van der Waals surface area (Å²) < 4.78 is 26.2. The Hall–Kier alpha value is -2.68. The Bertz CT molecular complexity index is 1400. The molecule has 2 aromatic carbocycles. The van der Waals surface area contributed by atoms with E-state index in [-0.39, 0.29) is 34.8 Å². The predicted molar refractivity (Wildman–Crippen MR) is 166 cm³/mol. The van der Waals surface area contributed by atoms with Crippen LogP contribution in [0.5, 0.6) is 11.5 Å². The Balaban J connectivity index is 1.65. The highest BCUT2D eigenvalue weighted by molar-refractivity contribution is 14.1. The maximum atomic E-state index is 14.0. The van der Waals surface area contributed by atoms with E-state index in [1.54, 1.807) is 19.2 Å². The van der Waals surface area contributed by atoms with Crippen LogP contribution >= 0.6 is 22.6 Å². The third kappa shape index (κ3) is 5.84. The molecular formula is C34H39FINO4. The van der Waals surface area contributed by atoms with Crippen molar-refractivity contribution in [1.82, 2.24) is 4.90 Å². The first kappa shape index (κ1) is 29.8. The lowest BCUT2D eigenvalue weighted by Crippen LogP contribution is -2.44. The molecule has 7 heteroatoms. The Morgan fingerprint density at radius 3 is 2.00 bits per heavy atom. The topological polar surface area (TPSA) is 55.8 Å². The van der Waals surface area contributed by atoms with Crippen LogP contribution in [-0.4, -0.2) is 30.1 Å². The number of halogens is 2. The summed E-state index contributed by atoms with van der Waals surface area (Å²) in [5.74, 6) is 0.642. The van der Waals surface area contributed by atoms with Gasteiger partial charge in [-0.05, 0) is 88.1 Å². The van der Waals surface area contributed by atoms with Crippen molar-refractivity contribution in [3.63, 3.8) is 0 Å². The van der Waals surface area contributed by atoms with Crippen molar-refractivity contribution in [2.24, 2.45) is 10.8 Å². The van der Waals surface area contributed by atoms with Gasteiger partial charge in [-0.3, -0.25) is 9.59 Å². The molecule has 0 amide bonds. The molecule has 0 fully saturated rings. The molecule has 0 unspecified atom stereocenters. The number of hydrogen-bond acceptors (Lipinski definition) is 5. The van der Waals surface area contributed by atoms with E-state index >= 15 is 0 Å². The minimum atomic E-state index is -0.436. The van der Waals surface area contributed by atoms with Crippen LogP contribution in [0.1, 0.15) is 83.8 Å². The molecule has 41 heavy (non-hydrogen) atoms. The molecule has 2 aliphatic carbocycles. The molecule has 3 aliphatic rings. The number of allylic oxidation sites excluding steroid dienone is 4. The lowest BCUT2D eigenvalue weighted by molar-refractivity contribution is -0.119. The second kappa shape index (κ2) is 11.2. The smallest absolute Gasteiger partial charge is 0.174 e. The molecule has 5 nitrogen and oxygen atoms in total. The van der Waals surface area contributed by atoms with Gasteiger partial charge in [-0.2, -0.15) is 0 Å². The third-order valence-electron chi connectivity index (χ3n) is 8.35. The highest BCUT2D eigenvalue weighted by Gasteiger charge is 2.49. The summed E-state index contributed by atoms with van der Waals surface area (Å²) in [6.45, 7) is 11.8. The van der Waals surface area contributed by atoms with Crippen molar-refractivity contribution in [1.29, 1.82) is 0 Å². The highest BCUT2D eigenvalue weighted by Crippen LogP contribution is 2.55. The number of carbonyl (C=O) groups excluding carboxylic acids is 2. The van der Waals surface area contributed by atoms with E-state index in [9.17, 15) is 14.0 Å². The highest BCUT2D eigenvalue weighted by atomic mass is 127. The molecule has 0 N–H and O–H groups in total. The summed E-state index contributed by atoms with van der Waals surface area (Å²) >= 11 is 2.24. The largest absolute Gasteiger partial charge is 0.493 e. The standard InChI is InChI=1S/C34H39FINO4/c1-7-12-37-24-15-33(2,3)17-26(38)30(24)29(31-25(37)16-34(4,5)18-27(31)39)21-13-23(36)32(28(14-21)40-6)41-19-20-8-10-22(35)11-9-20/h8-11,13-14,29H,7,12,15-19H2,1-6H3. The number of hydrogen-bond donors (Lipinski definition) is 0. The minimum Gasteiger partial charge on any atom is -0.493 e. The van der Waals surface area contributed by atoms with Gasteiger partial charge in [-0.25, -0.2) is 4.39 Å². The Labute approximate surface area is 256 Å². The number of ketones is 2. The van der Waals surface area contributed by atoms with Crippen LogP contribution in [0.4, 0.5) is 4.39 Å². The summed E-state index contributed by atoms with van der Waals surface area (Å²) in [4.78, 5) is 30.3.